The Morgan fingerprint density at radius 1 is 1.32 bits per heavy atom. The zero-order valence-corrected chi connectivity index (χ0v) is 16.8. The van der Waals surface area contributed by atoms with Crippen LogP contribution in [-0.2, 0) is 0 Å². The minimum Gasteiger partial charge on any atom is -0.349 e. The third-order valence-electron chi connectivity index (χ3n) is 4.38. The molecule has 3 rings (SSSR count). The number of carbonyl (C=O) groups excluding carboxylic acids is 1. The number of carbonyl (C=O) groups is 1. The fraction of sp³-hybridized carbons (Fsp3) is 0.368. The SMILES string of the molecule is Cc1cc(C)c2c(C)c(C(=O)NC[C@@H](c3cccs3)N(C)C)sc2n1. The Morgan fingerprint density at radius 2 is 2.08 bits per heavy atom. The van der Waals surface area contributed by atoms with Gasteiger partial charge >= 0.3 is 0 Å². The Balaban J connectivity index is 1.83. The zero-order valence-electron chi connectivity index (χ0n) is 15.2. The molecule has 3 aromatic heterocycles. The van der Waals surface area contributed by atoms with Crippen LogP contribution in [0.5, 0.6) is 0 Å². The lowest BCUT2D eigenvalue weighted by Gasteiger charge is -2.23. The first kappa shape index (κ1) is 18.0. The number of likely N-dealkylation sites (N-methyl/N-ethyl adjacent to an activating group) is 1. The fourth-order valence-electron chi connectivity index (χ4n) is 3.12. The number of fused-ring (bicyclic) bond motifs is 1. The molecule has 1 amide bonds. The number of hydrogen-bond donors (Lipinski definition) is 1. The van der Waals surface area contributed by atoms with Crippen LogP contribution in [0.25, 0.3) is 10.2 Å². The van der Waals surface area contributed by atoms with Gasteiger partial charge in [-0.3, -0.25) is 4.79 Å². The fourth-order valence-corrected chi connectivity index (χ4v) is 5.27. The molecule has 0 aromatic carbocycles. The molecule has 0 saturated heterocycles. The van der Waals surface area contributed by atoms with Gasteiger partial charge in [-0.25, -0.2) is 4.98 Å². The number of aryl methyl sites for hydroxylation is 3. The minimum atomic E-state index is -0.0130. The van der Waals surface area contributed by atoms with E-state index >= 15 is 0 Å². The number of thiophene rings is 2. The summed E-state index contributed by atoms with van der Waals surface area (Å²) in [6, 6.07) is 6.41. The molecule has 0 spiro atoms. The number of amides is 1. The van der Waals surface area contributed by atoms with Crippen molar-refractivity contribution in [3.05, 3.63) is 50.2 Å². The second-order valence-corrected chi connectivity index (χ2v) is 8.50. The van der Waals surface area contributed by atoms with E-state index in [1.54, 1.807) is 11.3 Å². The second kappa shape index (κ2) is 7.23. The molecule has 1 atom stereocenters. The van der Waals surface area contributed by atoms with E-state index in [0.717, 1.165) is 26.4 Å². The molecule has 132 valence electrons. The molecule has 6 heteroatoms. The molecule has 0 saturated carbocycles. The molecule has 1 N–H and O–H groups in total. The summed E-state index contributed by atoms with van der Waals surface area (Å²) in [6.07, 6.45) is 0. The van der Waals surface area contributed by atoms with Crippen molar-refractivity contribution >= 4 is 38.8 Å². The maximum Gasteiger partial charge on any atom is 0.261 e. The molecule has 0 bridgehead atoms. The van der Waals surface area contributed by atoms with Crippen LogP contribution in [0, 0.1) is 20.8 Å². The molecule has 3 aromatic rings. The van der Waals surface area contributed by atoms with Crippen LogP contribution < -0.4 is 5.32 Å². The van der Waals surface area contributed by atoms with Crippen molar-refractivity contribution in [1.29, 1.82) is 0 Å². The van der Waals surface area contributed by atoms with E-state index in [9.17, 15) is 4.79 Å². The summed E-state index contributed by atoms with van der Waals surface area (Å²) >= 11 is 3.20. The zero-order chi connectivity index (χ0) is 18.1. The molecule has 4 nitrogen and oxygen atoms in total. The van der Waals surface area contributed by atoms with Gasteiger partial charge in [0.2, 0.25) is 0 Å². The van der Waals surface area contributed by atoms with Gasteiger partial charge in [-0.15, -0.1) is 22.7 Å². The predicted molar refractivity (Wildman–Crippen MR) is 107 cm³/mol. The topological polar surface area (TPSA) is 45.2 Å². The van der Waals surface area contributed by atoms with Gasteiger partial charge in [0.05, 0.1) is 10.9 Å². The average Bonchev–Trinajstić information content (AvgIpc) is 3.15. The molecule has 0 fully saturated rings. The van der Waals surface area contributed by atoms with Crippen LogP contribution in [-0.4, -0.2) is 36.4 Å². The van der Waals surface area contributed by atoms with Gasteiger partial charge in [-0.05, 0) is 63.5 Å². The van der Waals surface area contributed by atoms with Crippen molar-refractivity contribution in [2.45, 2.75) is 26.8 Å². The molecule has 25 heavy (non-hydrogen) atoms. The van der Waals surface area contributed by atoms with Crippen LogP contribution in [0.3, 0.4) is 0 Å². The van der Waals surface area contributed by atoms with Crippen LogP contribution in [0.2, 0.25) is 0 Å². The van der Waals surface area contributed by atoms with E-state index in [4.69, 9.17) is 0 Å². The summed E-state index contributed by atoms with van der Waals surface area (Å²) in [5.41, 5.74) is 3.20. The number of pyridine rings is 1. The Labute approximate surface area is 156 Å². The highest BCUT2D eigenvalue weighted by atomic mass is 32.1. The third-order valence-corrected chi connectivity index (χ3v) is 6.54. The number of nitrogens with zero attached hydrogens (tertiary/aromatic N) is 2. The van der Waals surface area contributed by atoms with Gasteiger partial charge in [0.15, 0.2) is 0 Å². The summed E-state index contributed by atoms with van der Waals surface area (Å²) in [6.45, 7) is 6.67. The van der Waals surface area contributed by atoms with Crippen molar-refractivity contribution < 1.29 is 4.79 Å². The van der Waals surface area contributed by atoms with Gasteiger partial charge in [0.1, 0.15) is 4.83 Å². The Hall–Kier alpha value is -1.76. The predicted octanol–water partition coefficient (Wildman–Crippen LogP) is 4.32. The lowest BCUT2D eigenvalue weighted by molar-refractivity contribution is 0.0946. The highest BCUT2D eigenvalue weighted by Crippen LogP contribution is 2.32. The summed E-state index contributed by atoms with van der Waals surface area (Å²) in [7, 11) is 4.08. The summed E-state index contributed by atoms with van der Waals surface area (Å²) in [4.78, 5) is 22.5. The number of hydrogen-bond acceptors (Lipinski definition) is 5. The first-order valence-corrected chi connectivity index (χ1v) is 9.93. The minimum absolute atomic E-state index is 0.0130. The van der Waals surface area contributed by atoms with E-state index in [-0.39, 0.29) is 11.9 Å². The van der Waals surface area contributed by atoms with Crippen LogP contribution in [0.1, 0.15) is 37.4 Å². The highest BCUT2D eigenvalue weighted by Gasteiger charge is 2.20. The number of aromatic nitrogens is 1. The molecule has 0 radical (unpaired) electrons. The van der Waals surface area contributed by atoms with Crippen molar-refractivity contribution in [2.24, 2.45) is 0 Å². The van der Waals surface area contributed by atoms with Crippen molar-refractivity contribution in [1.82, 2.24) is 15.2 Å². The van der Waals surface area contributed by atoms with Gasteiger partial charge in [-0.2, -0.15) is 0 Å². The number of rotatable bonds is 5. The van der Waals surface area contributed by atoms with Gasteiger partial charge in [0.25, 0.3) is 5.91 Å². The monoisotopic (exact) mass is 373 g/mol. The van der Waals surface area contributed by atoms with Gasteiger partial charge in [-0.1, -0.05) is 6.07 Å². The molecule has 0 aliphatic heterocycles. The van der Waals surface area contributed by atoms with Crippen LogP contribution >= 0.6 is 22.7 Å². The first-order chi connectivity index (χ1) is 11.9. The van der Waals surface area contributed by atoms with E-state index in [2.05, 4.69) is 39.6 Å². The largest absolute Gasteiger partial charge is 0.349 e. The standard InChI is InChI=1S/C19H23N3OS2/c1-11-9-12(2)21-19-16(11)13(3)17(25-19)18(23)20-10-14(22(4)5)15-7-6-8-24-15/h6-9,14H,10H2,1-5H3,(H,20,23)/t14-/m0/s1. The molecule has 0 unspecified atom stereocenters. The summed E-state index contributed by atoms with van der Waals surface area (Å²) in [5, 5.41) is 6.30. The van der Waals surface area contributed by atoms with Crippen molar-refractivity contribution in [3.8, 4) is 0 Å². The quantitative estimate of drug-likeness (QED) is 0.725. The van der Waals surface area contributed by atoms with Crippen molar-refractivity contribution in [2.75, 3.05) is 20.6 Å². The molecule has 0 aliphatic rings. The molecule has 0 aliphatic carbocycles. The van der Waals surface area contributed by atoms with E-state index in [0.29, 0.717) is 6.54 Å². The molecular weight excluding hydrogens is 350 g/mol. The summed E-state index contributed by atoms with van der Waals surface area (Å²) in [5.74, 6) is -0.0130. The van der Waals surface area contributed by atoms with Crippen LogP contribution in [0.15, 0.2) is 23.6 Å². The highest BCUT2D eigenvalue weighted by molar-refractivity contribution is 7.20. The van der Waals surface area contributed by atoms with Gasteiger partial charge in [0, 0.05) is 22.5 Å². The number of nitrogens with one attached hydrogen (secondary N) is 1. The third kappa shape index (κ3) is 3.61. The maximum atomic E-state index is 12.8. The maximum absolute atomic E-state index is 12.8. The molecular formula is C19H23N3OS2. The van der Waals surface area contributed by atoms with Crippen molar-refractivity contribution in [3.63, 3.8) is 0 Å². The van der Waals surface area contributed by atoms with E-state index in [1.807, 2.05) is 34.0 Å². The lowest BCUT2D eigenvalue weighted by Crippen LogP contribution is -2.34. The first-order valence-electron chi connectivity index (χ1n) is 8.24. The Kier molecular flexibility index (Phi) is 5.22. The average molecular weight is 374 g/mol. The van der Waals surface area contributed by atoms with E-state index in [1.165, 1.54) is 21.8 Å². The van der Waals surface area contributed by atoms with Gasteiger partial charge < -0.3 is 10.2 Å². The second-order valence-electron chi connectivity index (χ2n) is 6.52. The Bertz CT molecular complexity index is 897. The van der Waals surface area contributed by atoms with Crippen LogP contribution in [0.4, 0.5) is 0 Å². The normalized spacial score (nSPS) is 12.7. The van der Waals surface area contributed by atoms with E-state index < -0.39 is 0 Å². The Morgan fingerprint density at radius 3 is 2.72 bits per heavy atom. The lowest BCUT2D eigenvalue weighted by atomic mass is 10.1. The smallest absolute Gasteiger partial charge is 0.261 e. The molecule has 3 heterocycles. The summed E-state index contributed by atoms with van der Waals surface area (Å²) < 4.78 is 0.